The SMILES string of the molecule is ClCC(NCC1CCCCO1)c1ccccc1. The van der Waals surface area contributed by atoms with Crippen LogP contribution in [-0.4, -0.2) is 25.1 Å². The van der Waals surface area contributed by atoms with Gasteiger partial charge in [0.25, 0.3) is 0 Å². The standard InChI is InChI=1S/C14H20ClNO/c15-10-14(12-6-2-1-3-7-12)16-11-13-8-4-5-9-17-13/h1-3,6-7,13-14,16H,4-5,8-11H2. The van der Waals surface area contributed by atoms with E-state index in [9.17, 15) is 0 Å². The van der Waals surface area contributed by atoms with E-state index >= 15 is 0 Å². The first kappa shape index (κ1) is 12.9. The Morgan fingerprint density at radius 2 is 2.12 bits per heavy atom. The Morgan fingerprint density at radius 1 is 1.29 bits per heavy atom. The Hall–Kier alpha value is -0.570. The Bertz CT molecular complexity index is 311. The summed E-state index contributed by atoms with van der Waals surface area (Å²) in [5.41, 5.74) is 1.25. The van der Waals surface area contributed by atoms with Crippen LogP contribution in [-0.2, 0) is 4.74 Å². The molecule has 1 aromatic carbocycles. The lowest BCUT2D eigenvalue weighted by Gasteiger charge is -2.25. The molecule has 1 aliphatic rings. The maximum atomic E-state index is 6.02. The van der Waals surface area contributed by atoms with Crippen molar-refractivity contribution >= 4 is 11.6 Å². The van der Waals surface area contributed by atoms with Crippen LogP contribution in [0.25, 0.3) is 0 Å². The van der Waals surface area contributed by atoms with Crippen LogP contribution < -0.4 is 5.32 Å². The highest BCUT2D eigenvalue weighted by molar-refractivity contribution is 6.18. The molecule has 0 aliphatic carbocycles. The zero-order valence-corrected chi connectivity index (χ0v) is 10.8. The van der Waals surface area contributed by atoms with E-state index in [1.54, 1.807) is 0 Å². The van der Waals surface area contributed by atoms with E-state index in [-0.39, 0.29) is 6.04 Å². The van der Waals surface area contributed by atoms with E-state index in [1.165, 1.54) is 18.4 Å². The summed E-state index contributed by atoms with van der Waals surface area (Å²) in [6.45, 7) is 1.80. The summed E-state index contributed by atoms with van der Waals surface area (Å²) >= 11 is 6.02. The second kappa shape index (κ2) is 7.00. The van der Waals surface area contributed by atoms with Crippen molar-refractivity contribution in [1.82, 2.24) is 5.32 Å². The van der Waals surface area contributed by atoms with Gasteiger partial charge in [0.2, 0.25) is 0 Å². The number of hydrogen-bond acceptors (Lipinski definition) is 2. The largest absolute Gasteiger partial charge is 0.377 e. The highest BCUT2D eigenvalue weighted by Crippen LogP contribution is 2.16. The topological polar surface area (TPSA) is 21.3 Å². The molecule has 3 heteroatoms. The third-order valence-corrected chi connectivity index (χ3v) is 3.53. The Labute approximate surface area is 108 Å². The fraction of sp³-hybridized carbons (Fsp3) is 0.571. The van der Waals surface area contributed by atoms with Gasteiger partial charge < -0.3 is 10.1 Å². The molecule has 0 saturated carbocycles. The molecule has 2 nitrogen and oxygen atoms in total. The Balaban J connectivity index is 1.83. The van der Waals surface area contributed by atoms with Gasteiger partial charge >= 0.3 is 0 Å². The van der Waals surface area contributed by atoms with Gasteiger partial charge in [0, 0.05) is 25.1 Å². The van der Waals surface area contributed by atoms with Gasteiger partial charge in [0.05, 0.1) is 6.10 Å². The van der Waals surface area contributed by atoms with Crippen LogP contribution in [0.3, 0.4) is 0 Å². The number of nitrogens with one attached hydrogen (secondary N) is 1. The van der Waals surface area contributed by atoms with E-state index in [0.717, 1.165) is 19.6 Å². The van der Waals surface area contributed by atoms with Crippen LogP contribution in [0.15, 0.2) is 30.3 Å². The molecule has 0 bridgehead atoms. The minimum absolute atomic E-state index is 0.225. The molecule has 1 N–H and O–H groups in total. The van der Waals surface area contributed by atoms with Crippen molar-refractivity contribution < 1.29 is 4.74 Å². The second-order valence-corrected chi connectivity index (χ2v) is 4.82. The van der Waals surface area contributed by atoms with Crippen LogP contribution >= 0.6 is 11.6 Å². The minimum atomic E-state index is 0.225. The minimum Gasteiger partial charge on any atom is -0.377 e. The predicted octanol–water partition coefficient (Wildman–Crippen LogP) is 3.13. The van der Waals surface area contributed by atoms with Crippen LogP contribution in [0.5, 0.6) is 0 Å². The molecule has 1 fully saturated rings. The van der Waals surface area contributed by atoms with Gasteiger partial charge in [-0.05, 0) is 24.8 Å². The smallest absolute Gasteiger partial charge is 0.0699 e. The first-order valence-electron chi connectivity index (χ1n) is 6.36. The van der Waals surface area contributed by atoms with E-state index in [2.05, 4.69) is 17.4 Å². The summed E-state index contributed by atoms with van der Waals surface area (Å²) < 4.78 is 5.70. The third kappa shape index (κ3) is 3.98. The lowest BCUT2D eigenvalue weighted by Crippen LogP contribution is -2.34. The second-order valence-electron chi connectivity index (χ2n) is 4.51. The average Bonchev–Trinajstić information content (AvgIpc) is 2.42. The molecular formula is C14H20ClNO. The molecular weight excluding hydrogens is 234 g/mol. The zero-order valence-electron chi connectivity index (χ0n) is 10.1. The van der Waals surface area contributed by atoms with Crippen LogP contribution in [0.4, 0.5) is 0 Å². The van der Waals surface area contributed by atoms with Gasteiger partial charge in [0.15, 0.2) is 0 Å². The molecule has 0 aromatic heterocycles. The van der Waals surface area contributed by atoms with Crippen molar-refractivity contribution in [3.63, 3.8) is 0 Å². The summed E-state index contributed by atoms with van der Waals surface area (Å²) in [5, 5.41) is 3.50. The molecule has 2 unspecified atom stereocenters. The maximum Gasteiger partial charge on any atom is 0.0699 e. The van der Waals surface area contributed by atoms with Gasteiger partial charge in [0.1, 0.15) is 0 Å². The molecule has 94 valence electrons. The fourth-order valence-electron chi connectivity index (χ4n) is 2.19. The summed E-state index contributed by atoms with van der Waals surface area (Å²) in [7, 11) is 0. The molecule has 1 aromatic rings. The van der Waals surface area contributed by atoms with Crippen molar-refractivity contribution in [2.45, 2.75) is 31.4 Å². The molecule has 0 amide bonds. The van der Waals surface area contributed by atoms with Crippen molar-refractivity contribution in [3.05, 3.63) is 35.9 Å². The average molecular weight is 254 g/mol. The van der Waals surface area contributed by atoms with Gasteiger partial charge in [-0.15, -0.1) is 11.6 Å². The van der Waals surface area contributed by atoms with Crippen molar-refractivity contribution in [2.24, 2.45) is 0 Å². The Morgan fingerprint density at radius 3 is 2.76 bits per heavy atom. The Kier molecular flexibility index (Phi) is 5.30. The van der Waals surface area contributed by atoms with Gasteiger partial charge in [-0.2, -0.15) is 0 Å². The van der Waals surface area contributed by atoms with E-state index in [0.29, 0.717) is 12.0 Å². The summed E-state index contributed by atoms with van der Waals surface area (Å²) in [5.74, 6) is 0.594. The number of alkyl halides is 1. The van der Waals surface area contributed by atoms with Gasteiger partial charge in [-0.1, -0.05) is 30.3 Å². The van der Waals surface area contributed by atoms with E-state index < -0.39 is 0 Å². The summed E-state index contributed by atoms with van der Waals surface area (Å²) in [6, 6.07) is 10.6. The molecule has 1 heterocycles. The summed E-state index contributed by atoms with van der Waals surface area (Å²) in [6.07, 6.45) is 4.01. The van der Waals surface area contributed by atoms with Gasteiger partial charge in [-0.25, -0.2) is 0 Å². The molecule has 17 heavy (non-hydrogen) atoms. The number of rotatable bonds is 5. The molecule has 1 aliphatic heterocycles. The highest BCUT2D eigenvalue weighted by atomic mass is 35.5. The fourth-order valence-corrected chi connectivity index (χ4v) is 2.48. The molecule has 0 radical (unpaired) electrons. The van der Waals surface area contributed by atoms with Crippen molar-refractivity contribution in [3.8, 4) is 0 Å². The quantitative estimate of drug-likeness (QED) is 0.815. The van der Waals surface area contributed by atoms with Crippen LogP contribution in [0.2, 0.25) is 0 Å². The molecule has 0 spiro atoms. The lowest BCUT2D eigenvalue weighted by atomic mass is 10.1. The maximum absolute atomic E-state index is 6.02. The van der Waals surface area contributed by atoms with Crippen molar-refractivity contribution in [1.29, 1.82) is 0 Å². The number of hydrogen-bond donors (Lipinski definition) is 1. The zero-order chi connectivity index (χ0) is 11.9. The molecule has 2 atom stereocenters. The van der Waals surface area contributed by atoms with Crippen molar-refractivity contribution in [2.75, 3.05) is 19.0 Å². The normalized spacial score (nSPS) is 22.3. The highest BCUT2D eigenvalue weighted by Gasteiger charge is 2.16. The number of ether oxygens (including phenoxy) is 1. The van der Waals surface area contributed by atoms with Gasteiger partial charge in [-0.3, -0.25) is 0 Å². The number of halogens is 1. The molecule has 1 saturated heterocycles. The van der Waals surface area contributed by atoms with E-state index in [4.69, 9.17) is 16.3 Å². The monoisotopic (exact) mass is 253 g/mol. The number of benzene rings is 1. The molecule has 2 rings (SSSR count). The van der Waals surface area contributed by atoms with E-state index in [1.807, 2.05) is 18.2 Å². The first-order valence-corrected chi connectivity index (χ1v) is 6.89. The van der Waals surface area contributed by atoms with Crippen LogP contribution in [0.1, 0.15) is 30.9 Å². The predicted molar refractivity (Wildman–Crippen MR) is 71.5 cm³/mol. The van der Waals surface area contributed by atoms with Crippen LogP contribution in [0, 0.1) is 0 Å². The lowest BCUT2D eigenvalue weighted by molar-refractivity contribution is 0.0157. The third-order valence-electron chi connectivity index (χ3n) is 3.22. The summed E-state index contributed by atoms with van der Waals surface area (Å²) in [4.78, 5) is 0. The first-order chi connectivity index (χ1) is 8.40.